The van der Waals surface area contributed by atoms with Crippen LogP contribution in [0.15, 0.2) is 29.6 Å². The minimum Gasteiger partial charge on any atom is -0.484 e. The number of aromatic nitrogens is 1. The predicted octanol–water partition coefficient (Wildman–Crippen LogP) is 4.83. The van der Waals surface area contributed by atoms with Gasteiger partial charge in [-0.3, -0.25) is 4.79 Å². The first-order valence-electron chi connectivity index (χ1n) is 9.73. The fourth-order valence-electron chi connectivity index (χ4n) is 3.32. The van der Waals surface area contributed by atoms with E-state index in [1.165, 1.54) is 0 Å². The van der Waals surface area contributed by atoms with Crippen molar-refractivity contribution < 1.29 is 9.53 Å². The first kappa shape index (κ1) is 20.3. The average molecular weight is 398 g/mol. The van der Waals surface area contributed by atoms with E-state index in [9.17, 15) is 10.1 Å². The molecule has 0 unspecified atom stereocenters. The van der Waals surface area contributed by atoms with E-state index in [4.69, 9.17) is 9.72 Å². The number of nitrogens with one attached hydrogen (secondary N) is 1. The van der Waals surface area contributed by atoms with Gasteiger partial charge in [-0.25, -0.2) is 4.98 Å². The van der Waals surface area contributed by atoms with Gasteiger partial charge >= 0.3 is 0 Å². The van der Waals surface area contributed by atoms with Gasteiger partial charge in [-0.2, -0.15) is 5.26 Å². The minimum atomic E-state index is -0.724. The molecule has 1 fully saturated rings. The quantitative estimate of drug-likeness (QED) is 0.784. The van der Waals surface area contributed by atoms with Crippen LogP contribution < -0.4 is 10.1 Å². The highest BCUT2D eigenvalue weighted by molar-refractivity contribution is 7.13. The van der Waals surface area contributed by atoms with E-state index in [-0.39, 0.29) is 17.9 Å². The van der Waals surface area contributed by atoms with Crippen LogP contribution >= 0.6 is 11.3 Å². The van der Waals surface area contributed by atoms with Crippen LogP contribution in [0.1, 0.15) is 58.6 Å². The van der Waals surface area contributed by atoms with Crippen LogP contribution in [0.2, 0.25) is 0 Å². The Morgan fingerprint density at radius 2 is 1.93 bits per heavy atom. The lowest BCUT2D eigenvalue weighted by Gasteiger charge is -2.31. The summed E-state index contributed by atoms with van der Waals surface area (Å²) < 4.78 is 5.61. The molecule has 1 N–H and O–H groups in total. The summed E-state index contributed by atoms with van der Waals surface area (Å²) >= 11 is 1.63. The first-order chi connectivity index (χ1) is 13.3. The van der Waals surface area contributed by atoms with Gasteiger partial charge in [0.1, 0.15) is 16.3 Å². The normalized spacial score (nSPS) is 16.2. The molecular formula is C22H27N3O2S. The summed E-state index contributed by atoms with van der Waals surface area (Å²) in [7, 11) is 0. The van der Waals surface area contributed by atoms with Crippen LogP contribution in [0.5, 0.6) is 5.75 Å². The summed E-state index contributed by atoms with van der Waals surface area (Å²) in [5, 5.41) is 15.4. The van der Waals surface area contributed by atoms with Crippen molar-refractivity contribution in [3.63, 3.8) is 0 Å². The highest BCUT2D eigenvalue weighted by atomic mass is 32.1. The number of nitrogens with zero attached hydrogens (tertiary/aromatic N) is 2. The molecule has 2 aromatic rings. The molecule has 6 heteroatoms. The van der Waals surface area contributed by atoms with Crippen molar-refractivity contribution in [2.24, 2.45) is 0 Å². The Morgan fingerprint density at radius 1 is 1.25 bits per heavy atom. The van der Waals surface area contributed by atoms with Gasteiger partial charge < -0.3 is 10.1 Å². The molecule has 0 bridgehead atoms. The summed E-state index contributed by atoms with van der Waals surface area (Å²) in [6.07, 6.45) is 4.51. The number of rotatable bonds is 5. The number of thiazole rings is 1. The average Bonchev–Trinajstić information content (AvgIpc) is 3.18. The van der Waals surface area contributed by atoms with Gasteiger partial charge in [0.15, 0.2) is 6.61 Å². The van der Waals surface area contributed by atoms with Crippen molar-refractivity contribution in [3.05, 3.63) is 35.3 Å². The number of ether oxygens (including phenoxy) is 1. The van der Waals surface area contributed by atoms with E-state index >= 15 is 0 Å². The molecule has 0 spiro atoms. The Balaban J connectivity index is 1.56. The molecule has 3 rings (SSSR count). The molecule has 0 aliphatic heterocycles. The summed E-state index contributed by atoms with van der Waals surface area (Å²) in [6.45, 7) is 6.36. The SMILES string of the molecule is CC(C)(C)c1csc(-c2ccc(OCC(=O)NC3(C#N)CCCCC3)cc2)n1. The van der Waals surface area contributed by atoms with Crippen LogP contribution in [-0.4, -0.2) is 23.0 Å². The molecule has 0 saturated heterocycles. The van der Waals surface area contributed by atoms with Crippen molar-refractivity contribution in [3.8, 4) is 22.4 Å². The van der Waals surface area contributed by atoms with Crippen molar-refractivity contribution >= 4 is 17.2 Å². The maximum absolute atomic E-state index is 12.2. The van der Waals surface area contributed by atoms with E-state index in [1.54, 1.807) is 11.3 Å². The van der Waals surface area contributed by atoms with Crippen molar-refractivity contribution in [1.82, 2.24) is 10.3 Å². The lowest BCUT2D eigenvalue weighted by atomic mass is 9.83. The zero-order valence-corrected chi connectivity index (χ0v) is 17.6. The molecule has 1 heterocycles. The van der Waals surface area contributed by atoms with E-state index in [2.05, 4.69) is 37.5 Å². The maximum Gasteiger partial charge on any atom is 0.259 e. The van der Waals surface area contributed by atoms with Gasteiger partial charge in [-0.05, 0) is 37.1 Å². The van der Waals surface area contributed by atoms with Crippen LogP contribution in [0, 0.1) is 11.3 Å². The first-order valence-corrected chi connectivity index (χ1v) is 10.6. The fourth-order valence-corrected chi connectivity index (χ4v) is 4.37. The molecular weight excluding hydrogens is 370 g/mol. The number of hydrogen-bond acceptors (Lipinski definition) is 5. The molecule has 1 aliphatic carbocycles. The molecule has 1 aromatic carbocycles. The van der Waals surface area contributed by atoms with Crippen LogP contribution in [0.25, 0.3) is 10.6 Å². The Kier molecular flexibility index (Phi) is 6.04. The molecule has 28 heavy (non-hydrogen) atoms. The number of amides is 1. The Morgan fingerprint density at radius 3 is 2.50 bits per heavy atom. The third-order valence-corrected chi connectivity index (χ3v) is 5.93. The summed E-state index contributed by atoms with van der Waals surface area (Å²) in [5.74, 6) is 0.378. The summed E-state index contributed by atoms with van der Waals surface area (Å²) in [4.78, 5) is 17.0. The molecule has 0 radical (unpaired) electrons. The molecule has 1 aromatic heterocycles. The third kappa shape index (κ3) is 4.90. The zero-order valence-electron chi connectivity index (χ0n) is 16.7. The molecule has 5 nitrogen and oxygen atoms in total. The molecule has 148 valence electrons. The lowest BCUT2D eigenvalue weighted by molar-refractivity contribution is -0.124. The van der Waals surface area contributed by atoms with Crippen molar-refractivity contribution in [2.75, 3.05) is 6.61 Å². The number of carbonyl (C=O) groups excluding carboxylic acids is 1. The van der Waals surface area contributed by atoms with E-state index in [0.29, 0.717) is 18.6 Å². The molecule has 1 saturated carbocycles. The van der Waals surface area contributed by atoms with Crippen molar-refractivity contribution in [2.45, 2.75) is 63.8 Å². The van der Waals surface area contributed by atoms with Gasteiger partial charge in [0.05, 0.1) is 11.8 Å². The number of benzene rings is 1. The number of hydrogen-bond donors (Lipinski definition) is 1. The highest BCUT2D eigenvalue weighted by Gasteiger charge is 2.33. The number of carbonyl (C=O) groups is 1. The highest BCUT2D eigenvalue weighted by Crippen LogP contribution is 2.31. The second-order valence-corrected chi connectivity index (χ2v) is 9.26. The van der Waals surface area contributed by atoms with Gasteiger partial charge in [0.25, 0.3) is 5.91 Å². The monoisotopic (exact) mass is 397 g/mol. The second kappa shape index (κ2) is 8.32. The van der Waals surface area contributed by atoms with Crippen LogP contribution in [0.4, 0.5) is 0 Å². The fraction of sp³-hybridized carbons (Fsp3) is 0.500. The Bertz CT molecular complexity index is 853. The predicted molar refractivity (Wildman–Crippen MR) is 111 cm³/mol. The topological polar surface area (TPSA) is 75.0 Å². The van der Waals surface area contributed by atoms with Gasteiger partial charge in [0.2, 0.25) is 0 Å². The third-order valence-electron chi connectivity index (χ3n) is 5.04. The van der Waals surface area contributed by atoms with E-state index < -0.39 is 5.54 Å². The second-order valence-electron chi connectivity index (χ2n) is 8.40. The minimum absolute atomic E-state index is 0.0320. The Hall–Kier alpha value is -2.39. The Labute approximate surface area is 170 Å². The van der Waals surface area contributed by atoms with Crippen LogP contribution in [0.3, 0.4) is 0 Å². The van der Waals surface area contributed by atoms with Gasteiger partial charge in [-0.15, -0.1) is 11.3 Å². The summed E-state index contributed by atoms with van der Waals surface area (Å²) in [6, 6.07) is 9.90. The maximum atomic E-state index is 12.2. The number of nitriles is 1. The largest absolute Gasteiger partial charge is 0.484 e. The van der Waals surface area contributed by atoms with E-state index in [0.717, 1.165) is 35.5 Å². The molecule has 1 amide bonds. The molecule has 0 atom stereocenters. The zero-order chi connectivity index (χ0) is 20.2. The van der Waals surface area contributed by atoms with Gasteiger partial charge in [-0.1, -0.05) is 40.0 Å². The van der Waals surface area contributed by atoms with Gasteiger partial charge in [0, 0.05) is 16.4 Å². The smallest absolute Gasteiger partial charge is 0.259 e. The van der Waals surface area contributed by atoms with E-state index in [1.807, 2.05) is 24.3 Å². The molecule has 1 aliphatic rings. The standard InChI is InChI=1S/C22H27N3O2S/c1-21(2,3)18-14-28-20(24-18)16-7-9-17(10-8-16)27-13-19(26)25-22(15-23)11-5-4-6-12-22/h7-10,14H,4-6,11-13H2,1-3H3,(H,25,26). The van der Waals surface area contributed by atoms with Crippen LogP contribution in [-0.2, 0) is 10.2 Å². The van der Waals surface area contributed by atoms with Crippen molar-refractivity contribution in [1.29, 1.82) is 5.26 Å². The lowest BCUT2D eigenvalue weighted by Crippen LogP contribution is -2.50. The summed E-state index contributed by atoms with van der Waals surface area (Å²) in [5.41, 5.74) is 1.42.